The molecule has 0 aromatic heterocycles. The second kappa shape index (κ2) is 6.53. The van der Waals surface area contributed by atoms with E-state index in [0.717, 1.165) is 12.8 Å². The molecule has 0 bridgehead atoms. The van der Waals surface area contributed by atoms with Crippen molar-refractivity contribution in [2.75, 3.05) is 18.9 Å². The van der Waals surface area contributed by atoms with Crippen LogP contribution >= 0.6 is 0 Å². The highest BCUT2D eigenvalue weighted by molar-refractivity contribution is 7.85. The van der Waals surface area contributed by atoms with Crippen LogP contribution in [0.1, 0.15) is 32.6 Å². The quantitative estimate of drug-likeness (QED) is 0.726. The molecule has 3 nitrogen and oxygen atoms in total. The fourth-order valence-electron chi connectivity index (χ4n) is 1.89. The molecule has 0 saturated heterocycles. The highest BCUT2D eigenvalue weighted by Crippen LogP contribution is 2.23. The summed E-state index contributed by atoms with van der Waals surface area (Å²) in [6.07, 6.45) is 4.70. The smallest absolute Gasteiger partial charge is 0.0812 e. The summed E-state index contributed by atoms with van der Waals surface area (Å²) < 4.78 is 17.3. The number of hydrogen-bond acceptors (Lipinski definition) is 3. The molecule has 0 aliphatic heterocycles. The van der Waals surface area contributed by atoms with E-state index in [1.165, 1.54) is 12.8 Å². The van der Waals surface area contributed by atoms with Crippen molar-refractivity contribution in [1.82, 2.24) is 0 Å². The van der Waals surface area contributed by atoms with Crippen LogP contribution in [0.4, 0.5) is 0 Å². The maximum absolute atomic E-state index is 11.9. The summed E-state index contributed by atoms with van der Waals surface area (Å²) >= 11 is 0. The van der Waals surface area contributed by atoms with Crippen molar-refractivity contribution in [1.29, 1.82) is 0 Å². The van der Waals surface area contributed by atoms with Gasteiger partial charge in [0.25, 0.3) is 0 Å². The standard InChI is InChI=1S/C10H21NO2S/c1-2-13-9(7-11)8-14(12)10-5-3-4-6-10/h9-10H,2-8,11H2,1H3. The predicted molar refractivity (Wildman–Crippen MR) is 59.7 cm³/mol. The first kappa shape index (κ1) is 12.1. The van der Waals surface area contributed by atoms with Crippen molar-refractivity contribution in [2.45, 2.75) is 44.0 Å². The van der Waals surface area contributed by atoms with E-state index in [2.05, 4.69) is 0 Å². The first-order chi connectivity index (χ1) is 6.77. The van der Waals surface area contributed by atoms with Gasteiger partial charge in [-0.05, 0) is 19.8 Å². The molecule has 0 radical (unpaired) electrons. The molecule has 2 unspecified atom stereocenters. The molecule has 0 spiro atoms. The summed E-state index contributed by atoms with van der Waals surface area (Å²) in [6.45, 7) is 3.08. The van der Waals surface area contributed by atoms with Gasteiger partial charge >= 0.3 is 0 Å². The lowest BCUT2D eigenvalue weighted by Crippen LogP contribution is -2.32. The zero-order valence-corrected chi connectivity index (χ0v) is 9.72. The van der Waals surface area contributed by atoms with Gasteiger partial charge < -0.3 is 10.5 Å². The average molecular weight is 219 g/mol. The van der Waals surface area contributed by atoms with Crippen molar-refractivity contribution in [3.05, 3.63) is 0 Å². The molecule has 0 heterocycles. The third-order valence-corrected chi connectivity index (χ3v) is 4.60. The van der Waals surface area contributed by atoms with Gasteiger partial charge in [0.05, 0.1) is 11.9 Å². The Balaban J connectivity index is 2.29. The molecule has 84 valence electrons. The molecule has 2 atom stereocenters. The van der Waals surface area contributed by atoms with E-state index in [9.17, 15) is 4.21 Å². The molecule has 0 amide bonds. The fraction of sp³-hybridized carbons (Fsp3) is 1.00. The molecular weight excluding hydrogens is 198 g/mol. The molecule has 1 fully saturated rings. The SMILES string of the molecule is CCOC(CN)CS(=O)C1CCCC1. The summed E-state index contributed by atoms with van der Waals surface area (Å²) in [5.41, 5.74) is 5.55. The Hall–Kier alpha value is 0.0700. The van der Waals surface area contributed by atoms with Crippen LogP contribution in [0.15, 0.2) is 0 Å². The normalized spacial score (nSPS) is 22.4. The molecule has 0 aromatic rings. The van der Waals surface area contributed by atoms with Gasteiger partial charge in [-0.1, -0.05) is 12.8 Å². The largest absolute Gasteiger partial charge is 0.376 e. The van der Waals surface area contributed by atoms with Crippen LogP contribution in [-0.4, -0.2) is 34.5 Å². The van der Waals surface area contributed by atoms with Crippen LogP contribution < -0.4 is 5.73 Å². The molecule has 1 rings (SSSR count). The molecule has 4 heteroatoms. The molecule has 1 aliphatic rings. The van der Waals surface area contributed by atoms with Crippen molar-refractivity contribution in [3.8, 4) is 0 Å². The van der Waals surface area contributed by atoms with Crippen LogP contribution in [0.2, 0.25) is 0 Å². The lowest BCUT2D eigenvalue weighted by atomic mass is 10.4. The van der Waals surface area contributed by atoms with Gasteiger partial charge in [-0.3, -0.25) is 4.21 Å². The maximum atomic E-state index is 11.9. The topological polar surface area (TPSA) is 52.3 Å². The van der Waals surface area contributed by atoms with Crippen molar-refractivity contribution in [3.63, 3.8) is 0 Å². The van der Waals surface area contributed by atoms with E-state index >= 15 is 0 Å². The number of rotatable bonds is 6. The van der Waals surface area contributed by atoms with Gasteiger partial charge in [0, 0.05) is 29.2 Å². The van der Waals surface area contributed by atoms with E-state index < -0.39 is 10.8 Å². The number of nitrogens with two attached hydrogens (primary N) is 1. The van der Waals surface area contributed by atoms with E-state index in [-0.39, 0.29) is 6.10 Å². The maximum Gasteiger partial charge on any atom is 0.0812 e. The van der Waals surface area contributed by atoms with E-state index in [1.54, 1.807) is 0 Å². The molecule has 14 heavy (non-hydrogen) atoms. The van der Waals surface area contributed by atoms with Gasteiger partial charge in [0.2, 0.25) is 0 Å². The Bertz CT molecular complexity index is 181. The lowest BCUT2D eigenvalue weighted by molar-refractivity contribution is 0.0851. The zero-order chi connectivity index (χ0) is 10.4. The molecular formula is C10H21NO2S. The first-order valence-corrected chi connectivity index (χ1v) is 6.85. The average Bonchev–Trinajstić information content (AvgIpc) is 2.69. The van der Waals surface area contributed by atoms with E-state index in [0.29, 0.717) is 24.2 Å². The van der Waals surface area contributed by atoms with Gasteiger partial charge in [-0.15, -0.1) is 0 Å². The van der Waals surface area contributed by atoms with Crippen molar-refractivity contribution < 1.29 is 8.95 Å². The third-order valence-electron chi connectivity index (χ3n) is 2.69. The molecule has 1 aliphatic carbocycles. The van der Waals surface area contributed by atoms with Crippen molar-refractivity contribution >= 4 is 10.8 Å². The van der Waals surface area contributed by atoms with Gasteiger partial charge in [0.1, 0.15) is 0 Å². The summed E-state index contributed by atoms with van der Waals surface area (Å²) in [5.74, 6) is 0.620. The Morgan fingerprint density at radius 3 is 2.64 bits per heavy atom. The zero-order valence-electron chi connectivity index (χ0n) is 8.91. The van der Waals surface area contributed by atoms with Gasteiger partial charge in [0.15, 0.2) is 0 Å². The van der Waals surface area contributed by atoms with Gasteiger partial charge in [-0.2, -0.15) is 0 Å². The molecule has 2 N–H and O–H groups in total. The molecule has 0 aromatic carbocycles. The highest BCUT2D eigenvalue weighted by Gasteiger charge is 2.23. The van der Waals surface area contributed by atoms with Crippen LogP contribution in [0.25, 0.3) is 0 Å². The predicted octanol–water partition coefficient (Wildman–Crippen LogP) is 1.04. The van der Waals surface area contributed by atoms with E-state index in [1.807, 2.05) is 6.92 Å². The second-order valence-corrected chi connectivity index (χ2v) is 5.53. The summed E-state index contributed by atoms with van der Waals surface area (Å²) in [5, 5.41) is 0.407. The second-order valence-electron chi connectivity index (χ2n) is 3.77. The van der Waals surface area contributed by atoms with Crippen molar-refractivity contribution in [2.24, 2.45) is 5.73 Å². The van der Waals surface area contributed by atoms with Crippen LogP contribution in [-0.2, 0) is 15.5 Å². The molecule has 1 saturated carbocycles. The third kappa shape index (κ3) is 3.67. The Morgan fingerprint density at radius 2 is 2.14 bits per heavy atom. The summed E-state index contributed by atoms with van der Waals surface area (Å²) in [7, 11) is -0.732. The minimum atomic E-state index is -0.732. The number of ether oxygens (including phenoxy) is 1. The summed E-state index contributed by atoms with van der Waals surface area (Å²) in [4.78, 5) is 0. The van der Waals surface area contributed by atoms with E-state index in [4.69, 9.17) is 10.5 Å². The Morgan fingerprint density at radius 1 is 1.50 bits per heavy atom. The lowest BCUT2D eigenvalue weighted by Gasteiger charge is -2.16. The minimum Gasteiger partial charge on any atom is -0.376 e. The monoisotopic (exact) mass is 219 g/mol. The Kier molecular flexibility index (Phi) is 5.67. The number of hydrogen-bond donors (Lipinski definition) is 1. The fourth-order valence-corrected chi connectivity index (χ4v) is 3.62. The minimum absolute atomic E-state index is 0.0126. The summed E-state index contributed by atoms with van der Waals surface area (Å²) in [6, 6.07) is 0. The van der Waals surface area contributed by atoms with Crippen LogP contribution in [0, 0.1) is 0 Å². The Labute approximate surface area is 88.8 Å². The first-order valence-electron chi connectivity index (χ1n) is 5.46. The highest BCUT2D eigenvalue weighted by atomic mass is 32.2. The van der Waals surface area contributed by atoms with Crippen LogP contribution in [0.5, 0.6) is 0 Å². The van der Waals surface area contributed by atoms with Gasteiger partial charge in [-0.25, -0.2) is 0 Å². The van der Waals surface area contributed by atoms with Crippen LogP contribution in [0.3, 0.4) is 0 Å².